The van der Waals surface area contributed by atoms with E-state index in [1.54, 1.807) is 0 Å². The van der Waals surface area contributed by atoms with E-state index in [9.17, 15) is 0 Å². The molecule has 0 spiro atoms. The predicted molar refractivity (Wildman–Crippen MR) is 111 cm³/mol. The Kier molecular flexibility index (Phi) is 26.0. The van der Waals surface area contributed by atoms with E-state index in [0.29, 0.717) is 0 Å². The number of thioether (sulfide) groups is 2. The molecule has 0 aliphatic heterocycles. The Morgan fingerprint density at radius 3 is 1.05 bits per heavy atom. The minimum atomic E-state index is 0. The summed E-state index contributed by atoms with van der Waals surface area (Å²) in [5.74, 6) is 1.98. The van der Waals surface area contributed by atoms with Gasteiger partial charge in [0.25, 0.3) is 0 Å². The van der Waals surface area contributed by atoms with Crippen molar-refractivity contribution in [3.8, 4) is 0 Å². The van der Waals surface area contributed by atoms with Gasteiger partial charge in [0.15, 0.2) is 10.3 Å². The number of halogens is 2. The number of hydrogen-bond acceptors (Lipinski definition) is 4. The minimum Gasteiger partial charge on any atom is -0.379 e. The van der Waals surface area contributed by atoms with Crippen molar-refractivity contribution in [3.63, 3.8) is 0 Å². The molecule has 21 heavy (non-hydrogen) atoms. The molecule has 4 nitrogen and oxygen atoms in total. The third-order valence-corrected chi connectivity index (χ3v) is 4.41. The summed E-state index contributed by atoms with van der Waals surface area (Å²) in [5.41, 5.74) is 10.5. The molecule has 0 bridgehead atoms. The molecular formula is C13H30Br2N4S2. The minimum absolute atomic E-state index is 0. The summed E-state index contributed by atoms with van der Waals surface area (Å²) in [6.07, 6.45) is 11.5. The van der Waals surface area contributed by atoms with Crippen molar-refractivity contribution < 1.29 is 0 Å². The summed E-state index contributed by atoms with van der Waals surface area (Å²) in [7, 11) is 0. The standard InChI is InChI=1S/C13H28N4S2.2BrH/c14-12(15)18-10-8-6-4-2-1-3-5-7-9-11-19-13(16)17;;/h1-11H2,(H3,14,15)(H3,16,17);2*1H. The maximum atomic E-state index is 7.08. The van der Waals surface area contributed by atoms with Crippen LogP contribution in [0.1, 0.15) is 57.8 Å². The summed E-state index contributed by atoms with van der Waals surface area (Å²) in [6.45, 7) is 0. The van der Waals surface area contributed by atoms with Gasteiger partial charge in [0.05, 0.1) is 0 Å². The van der Waals surface area contributed by atoms with E-state index in [1.165, 1.54) is 81.3 Å². The summed E-state index contributed by atoms with van der Waals surface area (Å²) in [5, 5.41) is 14.6. The highest BCUT2D eigenvalue weighted by Crippen LogP contribution is 2.12. The van der Waals surface area contributed by atoms with Gasteiger partial charge in [-0.3, -0.25) is 10.8 Å². The highest BCUT2D eigenvalue weighted by atomic mass is 79.9. The second-order valence-electron chi connectivity index (χ2n) is 4.61. The van der Waals surface area contributed by atoms with E-state index >= 15 is 0 Å². The van der Waals surface area contributed by atoms with E-state index in [-0.39, 0.29) is 44.3 Å². The van der Waals surface area contributed by atoms with E-state index in [1.807, 2.05) is 0 Å². The molecule has 0 radical (unpaired) electrons. The molecule has 0 amide bonds. The van der Waals surface area contributed by atoms with Crippen LogP contribution in [0.2, 0.25) is 0 Å². The van der Waals surface area contributed by atoms with Crippen LogP contribution < -0.4 is 11.5 Å². The fourth-order valence-electron chi connectivity index (χ4n) is 1.81. The average Bonchev–Trinajstić information content (AvgIpc) is 2.34. The van der Waals surface area contributed by atoms with Gasteiger partial charge in [0.1, 0.15) is 0 Å². The lowest BCUT2D eigenvalue weighted by Gasteiger charge is -2.02. The van der Waals surface area contributed by atoms with Crippen molar-refractivity contribution in [2.24, 2.45) is 11.5 Å². The quantitative estimate of drug-likeness (QED) is 0.187. The van der Waals surface area contributed by atoms with E-state index in [0.717, 1.165) is 11.5 Å². The average molecular weight is 466 g/mol. The van der Waals surface area contributed by atoms with Crippen molar-refractivity contribution in [2.45, 2.75) is 57.8 Å². The molecule has 0 aliphatic rings. The van der Waals surface area contributed by atoms with Gasteiger partial charge in [-0.15, -0.1) is 34.0 Å². The largest absolute Gasteiger partial charge is 0.379 e. The number of hydrogen-bond donors (Lipinski definition) is 4. The molecule has 0 aromatic rings. The van der Waals surface area contributed by atoms with Crippen LogP contribution in [0.15, 0.2) is 0 Å². The molecule has 0 aliphatic carbocycles. The lowest BCUT2D eigenvalue weighted by Crippen LogP contribution is -2.04. The zero-order valence-corrected chi connectivity index (χ0v) is 17.6. The maximum absolute atomic E-state index is 7.08. The molecular weight excluding hydrogens is 436 g/mol. The Morgan fingerprint density at radius 2 is 0.810 bits per heavy atom. The van der Waals surface area contributed by atoms with Crippen LogP contribution in [0, 0.1) is 10.8 Å². The third kappa shape index (κ3) is 25.9. The number of rotatable bonds is 12. The Morgan fingerprint density at radius 1 is 0.571 bits per heavy atom. The SMILES string of the molecule is Br.Br.N=C(N)SCCCCCCCCCCCSC(=N)N. The molecule has 0 aromatic heterocycles. The van der Waals surface area contributed by atoms with Crippen LogP contribution in [0.3, 0.4) is 0 Å². The third-order valence-electron chi connectivity index (χ3n) is 2.80. The lowest BCUT2D eigenvalue weighted by atomic mass is 10.1. The van der Waals surface area contributed by atoms with Gasteiger partial charge < -0.3 is 11.5 Å². The molecule has 8 heteroatoms. The lowest BCUT2D eigenvalue weighted by molar-refractivity contribution is 0.574. The normalized spacial score (nSPS) is 9.52. The predicted octanol–water partition coefficient (Wildman–Crippen LogP) is 4.91. The maximum Gasteiger partial charge on any atom is 0.151 e. The summed E-state index contributed by atoms with van der Waals surface area (Å²) in [4.78, 5) is 0. The summed E-state index contributed by atoms with van der Waals surface area (Å²) in [6, 6.07) is 0. The van der Waals surface area contributed by atoms with Gasteiger partial charge in [-0.05, 0) is 12.8 Å². The summed E-state index contributed by atoms with van der Waals surface area (Å²) < 4.78 is 0. The van der Waals surface area contributed by atoms with Gasteiger partial charge in [-0.25, -0.2) is 0 Å². The second kappa shape index (κ2) is 20.6. The zero-order valence-electron chi connectivity index (χ0n) is 12.6. The Labute approximate surface area is 158 Å². The van der Waals surface area contributed by atoms with Crippen LogP contribution >= 0.6 is 57.5 Å². The monoisotopic (exact) mass is 464 g/mol. The van der Waals surface area contributed by atoms with Crippen LogP contribution in [0.5, 0.6) is 0 Å². The van der Waals surface area contributed by atoms with Gasteiger partial charge in [0.2, 0.25) is 0 Å². The van der Waals surface area contributed by atoms with Crippen molar-refractivity contribution >= 4 is 67.8 Å². The highest BCUT2D eigenvalue weighted by molar-refractivity contribution is 8.93. The zero-order chi connectivity index (χ0) is 14.3. The Bertz CT molecular complexity index is 232. The molecule has 0 atom stereocenters. The van der Waals surface area contributed by atoms with Gasteiger partial charge in [-0.2, -0.15) is 0 Å². The van der Waals surface area contributed by atoms with Crippen LogP contribution in [0.4, 0.5) is 0 Å². The van der Waals surface area contributed by atoms with E-state index in [4.69, 9.17) is 22.3 Å². The molecule has 0 unspecified atom stereocenters. The fraction of sp³-hybridized carbons (Fsp3) is 0.846. The summed E-state index contributed by atoms with van der Waals surface area (Å²) >= 11 is 2.90. The molecule has 0 saturated heterocycles. The van der Waals surface area contributed by atoms with Crippen molar-refractivity contribution in [2.75, 3.05) is 11.5 Å². The first-order valence-electron chi connectivity index (χ1n) is 7.06. The first-order chi connectivity index (χ1) is 9.13. The first kappa shape index (κ1) is 26.5. The van der Waals surface area contributed by atoms with Crippen LogP contribution in [0.25, 0.3) is 0 Å². The number of nitrogens with one attached hydrogen (secondary N) is 2. The molecule has 6 N–H and O–H groups in total. The molecule has 0 aromatic carbocycles. The number of unbranched alkanes of at least 4 members (excludes halogenated alkanes) is 8. The Hall–Kier alpha value is 0.600. The van der Waals surface area contributed by atoms with Gasteiger partial charge in [0, 0.05) is 11.5 Å². The fourth-order valence-corrected chi connectivity index (χ4v) is 2.94. The molecule has 0 rings (SSSR count). The first-order valence-corrected chi connectivity index (χ1v) is 9.03. The van der Waals surface area contributed by atoms with Crippen molar-refractivity contribution in [1.82, 2.24) is 0 Å². The Balaban J connectivity index is -0.00000162. The topological polar surface area (TPSA) is 99.7 Å². The van der Waals surface area contributed by atoms with Gasteiger partial charge in [-0.1, -0.05) is 68.5 Å². The second-order valence-corrected chi connectivity index (χ2v) is 6.88. The number of nitrogens with two attached hydrogens (primary N) is 2. The van der Waals surface area contributed by atoms with Crippen LogP contribution in [-0.4, -0.2) is 21.8 Å². The van der Waals surface area contributed by atoms with E-state index in [2.05, 4.69) is 0 Å². The number of amidine groups is 2. The van der Waals surface area contributed by atoms with Crippen molar-refractivity contribution in [3.05, 3.63) is 0 Å². The van der Waals surface area contributed by atoms with Crippen LogP contribution in [-0.2, 0) is 0 Å². The highest BCUT2D eigenvalue weighted by Gasteiger charge is 1.95. The molecule has 0 heterocycles. The molecule has 0 saturated carbocycles. The van der Waals surface area contributed by atoms with Crippen molar-refractivity contribution in [1.29, 1.82) is 10.8 Å². The molecule has 0 fully saturated rings. The van der Waals surface area contributed by atoms with Gasteiger partial charge >= 0.3 is 0 Å². The van der Waals surface area contributed by atoms with E-state index < -0.39 is 0 Å². The smallest absolute Gasteiger partial charge is 0.151 e. The molecule has 128 valence electrons.